The lowest BCUT2D eigenvalue weighted by molar-refractivity contribution is -0.120. The Morgan fingerprint density at radius 1 is 0.911 bits per heavy atom. The molecule has 7 rings (SSSR count). The number of nitrogens with one attached hydrogen (secondary N) is 2. The molecule has 0 spiro atoms. The van der Waals surface area contributed by atoms with Crippen LogP contribution in [0.2, 0.25) is 0 Å². The number of carbonyl (C=O) groups excluding carboxylic acids is 3. The predicted molar refractivity (Wildman–Crippen MR) is 174 cm³/mol. The first-order chi connectivity index (χ1) is 21.7. The molecule has 2 N–H and O–H groups in total. The van der Waals surface area contributed by atoms with Gasteiger partial charge >= 0.3 is 6.03 Å². The topological polar surface area (TPSA) is 113 Å². The average Bonchev–Trinajstić information content (AvgIpc) is 3.44. The molecule has 45 heavy (non-hydrogen) atoms. The third kappa shape index (κ3) is 4.77. The van der Waals surface area contributed by atoms with E-state index in [0.717, 1.165) is 77.1 Å². The number of imide groups is 1. The smallest absolute Gasteiger partial charge is 0.328 e. The molecule has 4 aromatic rings. The van der Waals surface area contributed by atoms with E-state index in [-0.39, 0.29) is 17.7 Å². The molecule has 2 aliphatic heterocycles. The highest BCUT2D eigenvalue weighted by atomic mass is 16.2. The second kappa shape index (κ2) is 10.9. The van der Waals surface area contributed by atoms with Crippen LogP contribution < -0.4 is 15.1 Å². The van der Waals surface area contributed by atoms with Gasteiger partial charge in [-0.05, 0) is 53.4 Å². The largest absolute Gasteiger partial charge is 0.369 e. The molecule has 3 aromatic carbocycles. The molecular formula is C36H36N6O3. The zero-order chi connectivity index (χ0) is 31.5. The number of H-pyrrole nitrogens is 1. The average molecular weight is 601 g/mol. The molecule has 2 saturated heterocycles. The number of carbonyl (C=O) groups is 3. The molecule has 1 aliphatic carbocycles. The summed E-state index contributed by atoms with van der Waals surface area (Å²) in [6.45, 7) is 11.0. The molecule has 2 fully saturated rings. The Balaban J connectivity index is 1.14. The number of nitriles is 1. The van der Waals surface area contributed by atoms with Gasteiger partial charge in [0.15, 0.2) is 5.78 Å². The van der Waals surface area contributed by atoms with Gasteiger partial charge in [-0.25, -0.2) is 4.79 Å². The number of anilines is 2. The van der Waals surface area contributed by atoms with Crippen molar-refractivity contribution in [3.63, 3.8) is 0 Å². The Kier molecular flexibility index (Phi) is 6.98. The molecular weight excluding hydrogens is 564 g/mol. The maximum atomic E-state index is 14.0. The summed E-state index contributed by atoms with van der Waals surface area (Å²) in [7, 11) is 0. The molecule has 3 heterocycles. The zero-order valence-electron chi connectivity index (χ0n) is 25.9. The first-order valence-corrected chi connectivity index (χ1v) is 15.6. The SMILES string of the molecule is CCc1cc2c(cc1N1CCN(Cc3ccccc3N3CCC(=O)NC3=O)CC1)C(C)(C)c1[nH]c3cc(C#N)ccc3c1C2=O. The molecule has 0 radical (unpaired) electrons. The Hall–Kier alpha value is -4.94. The molecule has 9 heteroatoms. The van der Waals surface area contributed by atoms with Crippen LogP contribution in [0.1, 0.15) is 71.1 Å². The normalized spacial score (nSPS) is 18.0. The lowest BCUT2D eigenvalue weighted by Crippen LogP contribution is -2.50. The predicted octanol–water partition coefficient (Wildman–Crippen LogP) is 5.24. The van der Waals surface area contributed by atoms with Gasteiger partial charge in [-0.1, -0.05) is 45.0 Å². The summed E-state index contributed by atoms with van der Waals surface area (Å²) < 4.78 is 0. The van der Waals surface area contributed by atoms with Crippen molar-refractivity contribution in [3.05, 3.63) is 93.7 Å². The second-order valence-electron chi connectivity index (χ2n) is 12.7. The van der Waals surface area contributed by atoms with Crippen molar-refractivity contribution in [1.29, 1.82) is 5.26 Å². The number of aromatic nitrogens is 1. The molecule has 0 bridgehead atoms. The molecule has 0 atom stereocenters. The number of para-hydroxylation sites is 1. The minimum absolute atomic E-state index is 0.0340. The number of ketones is 1. The van der Waals surface area contributed by atoms with E-state index < -0.39 is 5.41 Å². The fourth-order valence-corrected chi connectivity index (χ4v) is 7.25. The number of piperazine rings is 1. The van der Waals surface area contributed by atoms with Gasteiger partial charge in [0.05, 0.1) is 17.2 Å². The van der Waals surface area contributed by atoms with Crippen molar-refractivity contribution in [3.8, 4) is 6.07 Å². The molecule has 3 aliphatic rings. The summed E-state index contributed by atoms with van der Waals surface area (Å²) in [6.07, 6.45) is 1.11. The number of aromatic amines is 1. The monoisotopic (exact) mass is 600 g/mol. The van der Waals surface area contributed by atoms with Crippen molar-refractivity contribution in [2.75, 3.05) is 42.5 Å². The van der Waals surface area contributed by atoms with Crippen molar-refractivity contribution in [1.82, 2.24) is 15.2 Å². The number of fused-ring (bicyclic) bond motifs is 4. The van der Waals surface area contributed by atoms with E-state index >= 15 is 0 Å². The van der Waals surface area contributed by atoms with E-state index in [1.807, 2.05) is 30.3 Å². The van der Waals surface area contributed by atoms with Crippen LogP contribution in [0.3, 0.4) is 0 Å². The Labute approximate surface area is 262 Å². The van der Waals surface area contributed by atoms with Crippen LogP contribution in [-0.4, -0.2) is 60.3 Å². The standard InChI is InChI=1S/C36H36N6O3/c1-4-23-18-26-27(36(2,3)34-32(33(26)44)25-10-9-22(20-37)17-28(25)38-34)19-30(23)41-15-13-40(14-16-41)21-24-7-5-6-8-29(24)42-12-11-31(43)39-35(42)45/h5-10,17-19,38H,4,11-16,21H2,1-3H3,(H,39,43,45). The molecule has 0 unspecified atom stereocenters. The van der Waals surface area contributed by atoms with Gasteiger partial charge in [-0.15, -0.1) is 0 Å². The first-order valence-electron chi connectivity index (χ1n) is 15.6. The van der Waals surface area contributed by atoms with E-state index in [0.29, 0.717) is 30.6 Å². The van der Waals surface area contributed by atoms with Crippen LogP contribution in [0.15, 0.2) is 54.6 Å². The Bertz CT molecular complexity index is 1920. The van der Waals surface area contributed by atoms with E-state index in [1.165, 1.54) is 5.69 Å². The highest BCUT2D eigenvalue weighted by molar-refractivity contribution is 6.20. The number of aryl methyl sites for hydroxylation is 1. The maximum absolute atomic E-state index is 14.0. The van der Waals surface area contributed by atoms with Crippen LogP contribution >= 0.6 is 0 Å². The fourth-order valence-electron chi connectivity index (χ4n) is 7.25. The second-order valence-corrected chi connectivity index (χ2v) is 12.7. The van der Waals surface area contributed by atoms with Gasteiger partial charge < -0.3 is 9.88 Å². The molecule has 3 amide bonds. The van der Waals surface area contributed by atoms with E-state index in [1.54, 1.807) is 11.0 Å². The summed E-state index contributed by atoms with van der Waals surface area (Å²) in [5.74, 6) is -0.200. The number of nitrogens with zero attached hydrogens (tertiary/aromatic N) is 4. The van der Waals surface area contributed by atoms with Gasteiger partial charge in [0, 0.05) is 84.6 Å². The molecule has 9 nitrogen and oxygen atoms in total. The van der Waals surface area contributed by atoms with Crippen LogP contribution in [0, 0.1) is 11.3 Å². The summed E-state index contributed by atoms with van der Waals surface area (Å²) in [5, 5.41) is 12.7. The van der Waals surface area contributed by atoms with Gasteiger partial charge in [0.1, 0.15) is 0 Å². The van der Waals surface area contributed by atoms with Crippen molar-refractivity contribution in [2.24, 2.45) is 0 Å². The van der Waals surface area contributed by atoms with Gasteiger partial charge in [-0.2, -0.15) is 5.26 Å². The minimum atomic E-state index is -0.428. The number of hydrogen-bond acceptors (Lipinski definition) is 6. The molecule has 1 aromatic heterocycles. The number of urea groups is 1. The lowest BCUT2D eigenvalue weighted by Gasteiger charge is -2.39. The summed E-state index contributed by atoms with van der Waals surface area (Å²) in [5.41, 5.74) is 8.60. The highest BCUT2D eigenvalue weighted by Gasteiger charge is 2.40. The van der Waals surface area contributed by atoms with E-state index in [9.17, 15) is 19.6 Å². The summed E-state index contributed by atoms with van der Waals surface area (Å²) >= 11 is 0. The van der Waals surface area contributed by atoms with Gasteiger partial charge in [0.2, 0.25) is 5.91 Å². The van der Waals surface area contributed by atoms with Crippen molar-refractivity contribution in [2.45, 2.75) is 45.6 Å². The lowest BCUT2D eigenvalue weighted by atomic mass is 9.70. The maximum Gasteiger partial charge on any atom is 0.328 e. The van der Waals surface area contributed by atoms with Crippen LogP contribution in [-0.2, 0) is 23.2 Å². The number of rotatable bonds is 5. The third-order valence-electron chi connectivity index (χ3n) is 9.74. The number of benzene rings is 3. The quantitative estimate of drug-likeness (QED) is 0.324. The number of hydrogen-bond donors (Lipinski definition) is 2. The minimum Gasteiger partial charge on any atom is -0.369 e. The van der Waals surface area contributed by atoms with Crippen LogP contribution in [0.5, 0.6) is 0 Å². The van der Waals surface area contributed by atoms with Crippen molar-refractivity contribution < 1.29 is 14.4 Å². The highest BCUT2D eigenvalue weighted by Crippen LogP contribution is 2.46. The zero-order valence-corrected chi connectivity index (χ0v) is 25.9. The summed E-state index contributed by atoms with van der Waals surface area (Å²) in [6, 6.07) is 19.6. The Morgan fingerprint density at radius 3 is 2.42 bits per heavy atom. The first kappa shape index (κ1) is 28.8. The molecule has 0 saturated carbocycles. The van der Waals surface area contributed by atoms with Crippen LogP contribution in [0.4, 0.5) is 16.2 Å². The molecule has 228 valence electrons. The van der Waals surface area contributed by atoms with Crippen LogP contribution in [0.25, 0.3) is 10.9 Å². The summed E-state index contributed by atoms with van der Waals surface area (Å²) in [4.78, 5) is 48.3. The third-order valence-corrected chi connectivity index (χ3v) is 9.74. The fraction of sp³-hybridized carbons (Fsp3) is 0.333. The Morgan fingerprint density at radius 2 is 1.69 bits per heavy atom. The van der Waals surface area contributed by atoms with E-state index in [2.05, 4.69) is 65.1 Å². The van der Waals surface area contributed by atoms with Crippen molar-refractivity contribution >= 4 is 40.0 Å². The number of amides is 3. The van der Waals surface area contributed by atoms with Gasteiger partial charge in [0.25, 0.3) is 0 Å². The van der Waals surface area contributed by atoms with Gasteiger partial charge in [-0.3, -0.25) is 24.7 Å². The van der Waals surface area contributed by atoms with E-state index in [4.69, 9.17) is 0 Å².